The number of carbonyl (C=O) groups is 1. The van der Waals surface area contributed by atoms with E-state index in [0.29, 0.717) is 12.3 Å². The highest BCUT2D eigenvalue weighted by Crippen LogP contribution is 2.41. The topological polar surface area (TPSA) is 57.8 Å². The first kappa shape index (κ1) is 11.3. The van der Waals surface area contributed by atoms with Gasteiger partial charge < -0.3 is 0 Å². The van der Waals surface area contributed by atoms with Crippen LogP contribution in [0.5, 0.6) is 0 Å². The van der Waals surface area contributed by atoms with Gasteiger partial charge in [0.05, 0.1) is 12.1 Å². The second kappa shape index (κ2) is 4.73. The van der Waals surface area contributed by atoms with Crippen LogP contribution in [0.3, 0.4) is 0 Å². The fourth-order valence-electron chi connectivity index (χ4n) is 1.63. The fourth-order valence-corrected chi connectivity index (χ4v) is 2.52. The first-order valence-electron chi connectivity index (χ1n) is 4.82. The number of amides is 1. The van der Waals surface area contributed by atoms with Crippen molar-refractivity contribution in [3.63, 3.8) is 0 Å². The predicted octanol–water partition coefficient (Wildman–Crippen LogP) is 2.25. The molecule has 1 aromatic heterocycles. The molecule has 0 bridgehead atoms. The molecule has 6 heteroatoms. The van der Waals surface area contributed by atoms with E-state index < -0.39 is 0 Å². The lowest BCUT2D eigenvalue weighted by atomic mass is 10.1. The molecule has 1 saturated carbocycles. The highest BCUT2D eigenvalue weighted by atomic mass is 127. The Morgan fingerprint density at radius 2 is 2.47 bits per heavy atom. The number of aromatic amines is 1. The van der Waals surface area contributed by atoms with Crippen molar-refractivity contribution in [3.05, 3.63) is 17.0 Å². The fraction of sp³-hybridized carbons (Fsp3) is 0.556. The van der Waals surface area contributed by atoms with Crippen LogP contribution in [-0.4, -0.2) is 16.1 Å². The lowest BCUT2D eigenvalue weighted by molar-refractivity contribution is -0.118. The number of rotatable bonds is 4. The Morgan fingerprint density at radius 3 is 3.07 bits per heavy atom. The molecule has 1 heterocycles. The minimum atomic E-state index is 0.0424. The number of carbonyl (C=O) groups excluding carboxylic acids is 1. The quantitative estimate of drug-likeness (QED) is 0.655. The highest BCUT2D eigenvalue weighted by molar-refractivity contribution is 14.2. The molecule has 4 nitrogen and oxygen atoms in total. The molecule has 1 amide bonds. The summed E-state index contributed by atoms with van der Waals surface area (Å²) >= 11 is 2.05. The van der Waals surface area contributed by atoms with Gasteiger partial charge in [-0.3, -0.25) is 14.6 Å². The molecule has 15 heavy (non-hydrogen) atoms. The van der Waals surface area contributed by atoms with Crippen molar-refractivity contribution in [2.75, 3.05) is 0 Å². The smallest absolute Gasteiger partial charge is 0.234 e. The van der Waals surface area contributed by atoms with E-state index in [4.69, 9.17) is 0 Å². The molecule has 1 fully saturated rings. The first-order valence-corrected chi connectivity index (χ1v) is 8.18. The molecule has 82 valence electrons. The zero-order valence-electron chi connectivity index (χ0n) is 8.34. The number of halogens is 1. The minimum Gasteiger partial charge on any atom is -0.291 e. The van der Waals surface area contributed by atoms with E-state index >= 15 is 0 Å². The molecule has 0 aromatic carbocycles. The Kier molecular flexibility index (Phi) is 3.55. The van der Waals surface area contributed by atoms with Gasteiger partial charge in [-0.05, 0) is 19.8 Å². The SMILES string of the molecule is Cc1[nH]nc(C2CC2)c1CC(=O)NSI. The summed E-state index contributed by atoms with van der Waals surface area (Å²) in [4.78, 5) is 11.5. The molecular weight excluding hydrogens is 325 g/mol. The summed E-state index contributed by atoms with van der Waals surface area (Å²) < 4.78 is 2.72. The Bertz CT molecular complexity index is 375. The zero-order valence-corrected chi connectivity index (χ0v) is 11.3. The number of nitrogens with zero attached hydrogens (tertiary/aromatic N) is 1. The van der Waals surface area contributed by atoms with Crippen molar-refractivity contribution in [2.24, 2.45) is 0 Å². The maximum absolute atomic E-state index is 11.5. The third-order valence-corrected chi connectivity index (χ3v) is 3.53. The van der Waals surface area contributed by atoms with Gasteiger partial charge in [0.25, 0.3) is 0 Å². The molecular formula is C9H12IN3OS. The molecule has 0 aliphatic heterocycles. The number of hydrogen-bond donors (Lipinski definition) is 2. The number of aryl methyl sites for hydroxylation is 1. The molecule has 2 rings (SSSR count). The third kappa shape index (κ3) is 2.66. The Hall–Kier alpha value is -0.240. The van der Waals surface area contributed by atoms with Gasteiger partial charge in [0.2, 0.25) is 5.91 Å². The summed E-state index contributed by atoms with van der Waals surface area (Å²) in [6, 6.07) is 0. The van der Waals surface area contributed by atoms with Crippen LogP contribution in [0.2, 0.25) is 0 Å². The van der Waals surface area contributed by atoms with Crippen molar-refractivity contribution in [1.29, 1.82) is 0 Å². The second-order valence-electron chi connectivity index (χ2n) is 3.77. The Labute approximate surface area is 105 Å². The second-order valence-corrected chi connectivity index (χ2v) is 5.45. The Balaban J connectivity index is 2.11. The molecule has 0 spiro atoms. The summed E-state index contributed by atoms with van der Waals surface area (Å²) in [6.07, 6.45) is 2.85. The van der Waals surface area contributed by atoms with Crippen LogP contribution in [0.1, 0.15) is 35.7 Å². The van der Waals surface area contributed by atoms with Crippen LogP contribution in [0.4, 0.5) is 0 Å². The van der Waals surface area contributed by atoms with E-state index in [1.807, 2.05) is 28.1 Å². The average Bonchev–Trinajstić information content (AvgIpc) is 2.96. The normalized spacial score (nSPS) is 15.3. The maximum Gasteiger partial charge on any atom is 0.234 e. The average molecular weight is 337 g/mol. The van der Waals surface area contributed by atoms with Gasteiger partial charge in [-0.15, -0.1) is 0 Å². The van der Waals surface area contributed by atoms with Crippen molar-refractivity contribution < 1.29 is 4.79 Å². The minimum absolute atomic E-state index is 0.0424. The van der Waals surface area contributed by atoms with Gasteiger partial charge in [-0.2, -0.15) is 5.10 Å². The summed E-state index contributed by atoms with van der Waals surface area (Å²) in [5, 5.41) is 7.24. The molecule has 0 radical (unpaired) electrons. The summed E-state index contributed by atoms with van der Waals surface area (Å²) in [5.41, 5.74) is 3.20. The summed E-state index contributed by atoms with van der Waals surface area (Å²) in [5.74, 6) is 0.630. The van der Waals surface area contributed by atoms with Gasteiger partial charge in [0, 0.05) is 47.5 Å². The molecule has 1 aliphatic rings. The van der Waals surface area contributed by atoms with Crippen molar-refractivity contribution in [2.45, 2.75) is 32.1 Å². The monoisotopic (exact) mass is 337 g/mol. The standard InChI is InChI=1S/C9H12IN3OS/c1-5-7(4-8(14)13-15-10)9(12-11-5)6-2-3-6/h6H,2-4H2,1H3,(H,11,12)(H,13,14). The van der Waals surface area contributed by atoms with Gasteiger partial charge in [0.15, 0.2) is 0 Å². The number of H-pyrrole nitrogens is 1. The highest BCUT2D eigenvalue weighted by Gasteiger charge is 2.29. The van der Waals surface area contributed by atoms with E-state index in [1.165, 1.54) is 22.0 Å². The van der Waals surface area contributed by atoms with Crippen LogP contribution in [0.15, 0.2) is 0 Å². The van der Waals surface area contributed by atoms with Gasteiger partial charge in [0.1, 0.15) is 0 Å². The van der Waals surface area contributed by atoms with Gasteiger partial charge in [-0.1, -0.05) is 0 Å². The number of aromatic nitrogens is 2. The molecule has 0 atom stereocenters. The van der Waals surface area contributed by atoms with E-state index in [-0.39, 0.29) is 5.91 Å². The van der Waals surface area contributed by atoms with Gasteiger partial charge >= 0.3 is 0 Å². The van der Waals surface area contributed by atoms with E-state index in [9.17, 15) is 4.79 Å². The largest absolute Gasteiger partial charge is 0.291 e. The van der Waals surface area contributed by atoms with E-state index in [0.717, 1.165) is 17.0 Å². The van der Waals surface area contributed by atoms with Crippen LogP contribution in [0, 0.1) is 6.92 Å². The zero-order chi connectivity index (χ0) is 10.8. The molecule has 1 aromatic rings. The third-order valence-electron chi connectivity index (χ3n) is 2.56. The summed E-state index contributed by atoms with van der Waals surface area (Å²) in [7, 11) is 1.31. The number of nitrogens with one attached hydrogen (secondary N) is 2. The summed E-state index contributed by atoms with van der Waals surface area (Å²) in [6.45, 7) is 1.97. The van der Waals surface area contributed by atoms with Crippen LogP contribution < -0.4 is 4.72 Å². The van der Waals surface area contributed by atoms with Crippen molar-refractivity contribution in [1.82, 2.24) is 14.9 Å². The molecule has 1 aliphatic carbocycles. The van der Waals surface area contributed by atoms with Gasteiger partial charge in [-0.25, -0.2) is 0 Å². The lowest BCUT2D eigenvalue weighted by Gasteiger charge is -2.02. The van der Waals surface area contributed by atoms with E-state index in [1.54, 1.807) is 0 Å². The Morgan fingerprint density at radius 1 is 1.73 bits per heavy atom. The maximum atomic E-state index is 11.5. The molecule has 0 unspecified atom stereocenters. The van der Waals surface area contributed by atoms with Crippen LogP contribution in [0.25, 0.3) is 0 Å². The number of hydrogen-bond acceptors (Lipinski definition) is 3. The lowest BCUT2D eigenvalue weighted by Crippen LogP contribution is -2.17. The van der Waals surface area contributed by atoms with Crippen molar-refractivity contribution in [3.8, 4) is 0 Å². The first-order chi connectivity index (χ1) is 7.22. The van der Waals surface area contributed by atoms with Crippen LogP contribution >= 0.6 is 30.3 Å². The molecule has 2 N–H and O–H groups in total. The van der Waals surface area contributed by atoms with E-state index in [2.05, 4.69) is 14.9 Å². The van der Waals surface area contributed by atoms with Crippen molar-refractivity contribution >= 4 is 36.2 Å². The van der Waals surface area contributed by atoms with Crippen LogP contribution in [-0.2, 0) is 11.2 Å². The molecule has 0 saturated heterocycles. The predicted molar refractivity (Wildman–Crippen MR) is 68.8 cm³/mol.